The average molecular weight is 360 g/mol. The van der Waals surface area contributed by atoms with Crippen molar-refractivity contribution in [2.75, 3.05) is 12.4 Å². The molecule has 1 amide bonds. The van der Waals surface area contributed by atoms with E-state index in [1.807, 2.05) is 48.5 Å². The van der Waals surface area contributed by atoms with Gasteiger partial charge in [0.1, 0.15) is 17.2 Å². The Morgan fingerprint density at radius 1 is 1.04 bits per heavy atom. The first-order valence-corrected chi connectivity index (χ1v) is 8.86. The first-order valence-electron chi connectivity index (χ1n) is 8.86. The van der Waals surface area contributed by atoms with Crippen molar-refractivity contribution in [2.24, 2.45) is 5.92 Å². The second-order valence-electron chi connectivity index (χ2n) is 6.49. The van der Waals surface area contributed by atoms with Gasteiger partial charge in [-0.05, 0) is 48.2 Å². The predicted molar refractivity (Wildman–Crippen MR) is 103 cm³/mol. The maximum Gasteiger partial charge on any atom is 0.228 e. The highest BCUT2D eigenvalue weighted by Gasteiger charge is 2.45. The largest absolute Gasteiger partial charge is 0.496 e. The Balaban J connectivity index is 1.41. The molecule has 0 aliphatic heterocycles. The molecule has 1 aliphatic rings. The molecule has 1 aromatic heterocycles. The van der Waals surface area contributed by atoms with Crippen molar-refractivity contribution in [3.63, 3.8) is 0 Å². The summed E-state index contributed by atoms with van der Waals surface area (Å²) in [4.78, 5) is 16.6. The lowest BCUT2D eigenvalue weighted by atomic mass is 10.1. The summed E-state index contributed by atoms with van der Waals surface area (Å²) in [7, 11) is 1.66. The monoisotopic (exact) mass is 360 g/mol. The first-order chi connectivity index (χ1) is 13.2. The number of pyridine rings is 1. The molecule has 0 saturated heterocycles. The number of methoxy groups -OCH3 is 1. The van der Waals surface area contributed by atoms with Gasteiger partial charge < -0.3 is 14.8 Å². The van der Waals surface area contributed by atoms with Crippen LogP contribution in [-0.2, 0) is 4.79 Å². The molecule has 0 radical (unpaired) electrons. The quantitative estimate of drug-likeness (QED) is 0.696. The van der Waals surface area contributed by atoms with Crippen molar-refractivity contribution in [3.05, 3.63) is 78.6 Å². The van der Waals surface area contributed by atoms with Crippen LogP contribution < -0.4 is 14.8 Å². The molecule has 3 aromatic rings. The zero-order valence-corrected chi connectivity index (χ0v) is 15.0. The van der Waals surface area contributed by atoms with Gasteiger partial charge >= 0.3 is 0 Å². The topological polar surface area (TPSA) is 60.5 Å². The SMILES string of the molecule is COc1ccccc1C1CC1C(=O)Nc1cccc(Oc2ccncc2)c1. The average Bonchev–Trinajstić information content (AvgIpc) is 3.50. The Bertz CT molecular complexity index is 943. The fraction of sp³-hybridized carbons (Fsp3) is 0.182. The van der Waals surface area contributed by atoms with Crippen molar-refractivity contribution in [2.45, 2.75) is 12.3 Å². The van der Waals surface area contributed by atoms with Gasteiger partial charge in [0.25, 0.3) is 0 Å². The number of rotatable bonds is 6. The number of ether oxygens (including phenoxy) is 2. The molecule has 5 nitrogen and oxygen atoms in total. The molecule has 1 fully saturated rings. The zero-order chi connectivity index (χ0) is 18.6. The number of para-hydroxylation sites is 1. The maximum atomic E-state index is 12.6. The minimum atomic E-state index is -0.0360. The summed E-state index contributed by atoms with van der Waals surface area (Å²) >= 11 is 0. The number of amides is 1. The lowest BCUT2D eigenvalue weighted by Gasteiger charge is -2.10. The van der Waals surface area contributed by atoms with Crippen LogP contribution in [0, 0.1) is 5.92 Å². The second kappa shape index (κ2) is 7.50. The van der Waals surface area contributed by atoms with Crippen molar-refractivity contribution in [3.8, 4) is 17.2 Å². The van der Waals surface area contributed by atoms with Gasteiger partial charge in [-0.25, -0.2) is 0 Å². The van der Waals surface area contributed by atoms with Gasteiger partial charge in [-0.3, -0.25) is 9.78 Å². The third-order valence-corrected chi connectivity index (χ3v) is 4.65. The molecule has 2 atom stereocenters. The van der Waals surface area contributed by atoms with Gasteiger partial charge in [-0.2, -0.15) is 0 Å². The molecule has 5 heteroatoms. The van der Waals surface area contributed by atoms with E-state index in [1.54, 1.807) is 31.6 Å². The van der Waals surface area contributed by atoms with Crippen LogP contribution in [0.3, 0.4) is 0 Å². The maximum absolute atomic E-state index is 12.6. The molecule has 27 heavy (non-hydrogen) atoms. The Hall–Kier alpha value is -3.34. The molecule has 1 aliphatic carbocycles. The van der Waals surface area contributed by atoms with Gasteiger partial charge in [0.05, 0.1) is 7.11 Å². The van der Waals surface area contributed by atoms with E-state index in [1.165, 1.54) is 0 Å². The summed E-state index contributed by atoms with van der Waals surface area (Å²) in [6.07, 6.45) is 4.18. The molecule has 0 spiro atoms. The minimum absolute atomic E-state index is 0.0203. The van der Waals surface area contributed by atoms with Crippen molar-refractivity contribution >= 4 is 11.6 Å². The highest BCUT2D eigenvalue weighted by molar-refractivity contribution is 5.95. The van der Waals surface area contributed by atoms with Crippen LogP contribution in [-0.4, -0.2) is 18.0 Å². The lowest BCUT2D eigenvalue weighted by Crippen LogP contribution is -2.14. The number of hydrogen-bond acceptors (Lipinski definition) is 4. The van der Waals surface area contributed by atoms with E-state index < -0.39 is 0 Å². The minimum Gasteiger partial charge on any atom is -0.496 e. The Kier molecular flexibility index (Phi) is 4.75. The molecule has 136 valence electrons. The van der Waals surface area contributed by atoms with Crippen molar-refractivity contribution < 1.29 is 14.3 Å². The van der Waals surface area contributed by atoms with Gasteiger partial charge in [0.2, 0.25) is 5.91 Å². The van der Waals surface area contributed by atoms with E-state index in [-0.39, 0.29) is 17.7 Å². The van der Waals surface area contributed by atoms with Crippen LogP contribution in [0.1, 0.15) is 17.9 Å². The molecule has 1 heterocycles. The number of carbonyl (C=O) groups excluding carboxylic acids is 1. The van der Waals surface area contributed by atoms with Crippen LogP contribution in [0.15, 0.2) is 73.1 Å². The number of aromatic nitrogens is 1. The third kappa shape index (κ3) is 3.92. The predicted octanol–water partition coefficient (Wildman–Crippen LogP) is 4.62. The first kappa shape index (κ1) is 17.1. The van der Waals surface area contributed by atoms with Gasteiger partial charge in [0, 0.05) is 30.1 Å². The fourth-order valence-corrected chi connectivity index (χ4v) is 3.22. The van der Waals surface area contributed by atoms with Crippen LogP contribution in [0.25, 0.3) is 0 Å². The number of hydrogen-bond donors (Lipinski definition) is 1. The molecular weight excluding hydrogens is 340 g/mol. The van der Waals surface area contributed by atoms with E-state index in [4.69, 9.17) is 9.47 Å². The van der Waals surface area contributed by atoms with E-state index in [2.05, 4.69) is 10.3 Å². The standard InChI is InChI=1S/C22H20N2O3/c1-26-21-8-3-2-7-18(21)19-14-20(19)22(25)24-15-5-4-6-17(13-15)27-16-9-11-23-12-10-16/h2-13,19-20H,14H2,1H3,(H,24,25). The molecule has 1 N–H and O–H groups in total. The van der Waals surface area contributed by atoms with E-state index >= 15 is 0 Å². The number of nitrogens with one attached hydrogen (secondary N) is 1. The molecular formula is C22H20N2O3. The van der Waals surface area contributed by atoms with Gasteiger partial charge in [0.15, 0.2) is 0 Å². The van der Waals surface area contributed by atoms with E-state index in [0.717, 1.165) is 23.4 Å². The molecule has 0 bridgehead atoms. The van der Waals surface area contributed by atoms with Crippen LogP contribution >= 0.6 is 0 Å². The molecule has 1 saturated carbocycles. The van der Waals surface area contributed by atoms with Gasteiger partial charge in [-0.15, -0.1) is 0 Å². The number of nitrogens with zero attached hydrogens (tertiary/aromatic N) is 1. The summed E-state index contributed by atoms with van der Waals surface area (Å²) < 4.78 is 11.2. The number of anilines is 1. The second-order valence-corrected chi connectivity index (χ2v) is 6.49. The third-order valence-electron chi connectivity index (χ3n) is 4.65. The zero-order valence-electron chi connectivity index (χ0n) is 15.0. The Morgan fingerprint density at radius 2 is 1.85 bits per heavy atom. The highest BCUT2D eigenvalue weighted by Crippen LogP contribution is 2.50. The lowest BCUT2D eigenvalue weighted by molar-refractivity contribution is -0.117. The molecule has 2 aromatic carbocycles. The number of carbonyl (C=O) groups is 1. The summed E-state index contributed by atoms with van der Waals surface area (Å²) in [5.74, 6) is 2.39. The Morgan fingerprint density at radius 3 is 2.67 bits per heavy atom. The van der Waals surface area contributed by atoms with Crippen LogP contribution in [0.2, 0.25) is 0 Å². The number of benzene rings is 2. The molecule has 4 rings (SSSR count). The Labute approximate surface area is 158 Å². The van der Waals surface area contributed by atoms with E-state index in [9.17, 15) is 4.79 Å². The van der Waals surface area contributed by atoms with Crippen molar-refractivity contribution in [1.29, 1.82) is 0 Å². The smallest absolute Gasteiger partial charge is 0.228 e. The summed E-state index contributed by atoms with van der Waals surface area (Å²) in [5.41, 5.74) is 1.81. The summed E-state index contributed by atoms with van der Waals surface area (Å²) in [6, 6.07) is 18.8. The van der Waals surface area contributed by atoms with Crippen LogP contribution in [0.4, 0.5) is 5.69 Å². The molecule has 2 unspecified atom stereocenters. The van der Waals surface area contributed by atoms with E-state index in [0.29, 0.717) is 11.5 Å². The van der Waals surface area contributed by atoms with Gasteiger partial charge in [-0.1, -0.05) is 24.3 Å². The summed E-state index contributed by atoms with van der Waals surface area (Å²) in [5, 5.41) is 3.00. The fourth-order valence-electron chi connectivity index (χ4n) is 3.22. The van der Waals surface area contributed by atoms with Crippen LogP contribution in [0.5, 0.6) is 17.2 Å². The summed E-state index contributed by atoms with van der Waals surface area (Å²) in [6.45, 7) is 0. The normalized spacial score (nSPS) is 17.8. The highest BCUT2D eigenvalue weighted by atomic mass is 16.5. The van der Waals surface area contributed by atoms with Crippen molar-refractivity contribution in [1.82, 2.24) is 4.98 Å².